The second-order valence-electron chi connectivity index (χ2n) is 7.10. The third kappa shape index (κ3) is 4.83. The predicted octanol–water partition coefficient (Wildman–Crippen LogP) is 3.11. The van der Waals surface area contributed by atoms with Crippen LogP contribution in [0.1, 0.15) is 32.2 Å². The van der Waals surface area contributed by atoms with E-state index in [4.69, 9.17) is 4.99 Å². The molecule has 1 aliphatic rings. The Hall–Kier alpha value is -2.02. The molecule has 2 aromatic rings. The minimum atomic E-state index is 0.596. The molecule has 7 heteroatoms. The third-order valence-corrected chi connectivity index (χ3v) is 6.33. The van der Waals surface area contributed by atoms with Crippen molar-refractivity contribution in [3.8, 4) is 5.82 Å². The fourth-order valence-electron chi connectivity index (χ4n) is 3.23. The van der Waals surface area contributed by atoms with Crippen molar-refractivity contribution in [3.05, 3.63) is 42.1 Å². The van der Waals surface area contributed by atoms with Crippen LogP contribution in [0.5, 0.6) is 0 Å². The molecule has 27 heavy (non-hydrogen) atoms. The van der Waals surface area contributed by atoms with Crippen LogP contribution >= 0.6 is 11.8 Å². The van der Waals surface area contributed by atoms with Crippen LogP contribution in [0.4, 0.5) is 0 Å². The van der Waals surface area contributed by atoms with Gasteiger partial charge in [-0.25, -0.2) is 15.0 Å². The Morgan fingerprint density at radius 1 is 1.37 bits per heavy atom. The summed E-state index contributed by atoms with van der Waals surface area (Å²) in [5.74, 6) is 4.66. The molecule has 0 amide bonds. The summed E-state index contributed by atoms with van der Waals surface area (Å²) in [4.78, 5) is 16.2. The molecule has 0 aromatic carbocycles. The Kier molecular flexibility index (Phi) is 6.77. The van der Waals surface area contributed by atoms with Crippen molar-refractivity contribution in [2.45, 2.75) is 39.5 Å². The molecule has 146 valence electrons. The lowest BCUT2D eigenvalue weighted by Gasteiger charge is -2.36. The highest BCUT2D eigenvalue weighted by atomic mass is 32.2. The lowest BCUT2D eigenvalue weighted by atomic mass is 10.1. The van der Waals surface area contributed by atoms with Crippen molar-refractivity contribution >= 4 is 17.7 Å². The number of hydrogen-bond acceptors (Lipinski definition) is 4. The van der Waals surface area contributed by atoms with Gasteiger partial charge in [-0.15, -0.1) is 0 Å². The van der Waals surface area contributed by atoms with Crippen LogP contribution in [0.2, 0.25) is 0 Å². The number of aromatic nitrogens is 3. The molecule has 0 radical (unpaired) electrons. The molecule has 3 heterocycles. The standard InChI is InChI=1S/C20H30N6S/c1-5-21-20(25-11-12-27-18(14-25)15(2)3)24-13-17-7-6-8-23-19(17)26-10-9-22-16(26)4/h6-10,15,18H,5,11-14H2,1-4H3,(H,21,24). The molecular weight excluding hydrogens is 356 g/mol. The van der Waals surface area contributed by atoms with E-state index in [9.17, 15) is 0 Å². The number of imidazole rings is 1. The van der Waals surface area contributed by atoms with Crippen molar-refractivity contribution in [2.24, 2.45) is 10.9 Å². The SMILES string of the molecule is CCNC(=NCc1cccnc1-n1ccnc1C)N1CCSC(C(C)C)C1. The van der Waals surface area contributed by atoms with Crippen molar-refractivity contribution in [3.63, 3.8) is 0 Å². The molecule has 0 bridgehead atoms. The molecule has 2 aromatic heterocycles. The van der Waals surface area contributed by atoms with E-state index in [1.165, 1.54) is 0 Å². The van der Waals surface area contributed by atoms with Crippen LogP contribution < -0.4 is 5.32 Å². The number of aliphatic imine (C=N–C) groups is 1. The van der Waals surface area contributed by atoms with Crippen LogP contribution in [0, 0.1) is 12.8 Å². The van der Waals surface area contributed by atoms with Gasteiger partial charge in [-0.3, -0.25) is 4.57 Å². The van der Waals surface area contributed by atoms with E-state index in [0.29, 0.717) is 17.7 Å². The lowest BCUT2D eigenvalue weighted by Crippen LogP contribution is -2.49. The number of nitrogens with one attached hydrogen (secondary N) is 1. The number of nitrogens with zero attached hydrogens (tertiary/aromatic N) is 5. The fraction of sp³-hybridized carbons (Fsp3) is 0.550. The summed E-state index contributed by atoms with van der Waals surface area (Å²) in [6, 6.07) is 4.07. The van der Waals surface area contributed by atoms with Crippen molar-refractivity contribution < 1.29 is 0 Å². The quantitative estimate of drug-likeness (QED) is 0.632. The Balaban J connectivity index is 1.81. The molecule has 1 aliphatic heterocycles. The molecular formula is C20H30N6S. The number of pyridine rings is 1. The largest absolute Gasteiger partial charge is 0.357 e. The lowest BCUT2D eigenvalue weighted by molar-refractivity contribution is 0.381. The zero-order valence-electron chi connectivity index (χ0n) is 16.7. The topological polar surface area (TPSA) is 58.3 Å². The van der Waals surface area contributed by atoms with E-state index in [1.54, 1.807) is 6.20 Å². The molecule has 1 atom stereocenters. The Labute approximate surface area is 166 Å². The average Bonchev–Trinajstić information content (AvgIpc) is 3.11. The van der Waals surface area contributed by atoms with Gasteiger partial charge in [-0.05, 0) is 25.8 Å². The molecule has 0 aliphatic carbocycles. The Bertz CT molecular complexity index is 769. The van der Waals surface area contributed by atoms with E-state index in [0.717, 1.165) is 48.6 Å². The number of guanidine groups is 1. The van der Waals surface area contributed by atoms with Gasteiger partial charge in [-0.2, -0.15) is 11.8 Å². The number of thioether (sulfide) groups is 1. The van der Waals surface area contributed by atoms with E-state index in [-0.39, 0.29) is 0 Å². The molecule has 6 nitrogen and oxygen atoms in total. The van der Waals surface area contributed by atoms with Gasteiger partial charge in [0.1, 0.15) is 11.6 Å². The van der Waals surface area contributed by atoms with E-state index in [1.807, 2.05) is 30.0 Å². The zero-order valence-corrected chi connectivity index (χ0v) is 17.5. The number of hydrogen-bond donors (Lipinski definition) is 1. The van der Waals surface area contributed by atoms with Crippen molar-refractivity contribution in [1.29, 1.82) is 0 Å². The van der Waals surface area contributed by atoms with E-state index < -0.39 is 0 Å². The highest BCUT2D eigenvalue weighted by Crippen LogP contribution is 2.25. The highest BCUT2D eigenvalue weighted by molar-refractivity contribution is 8.00. The predicted molar refractivity (Wildman–Crippen MR) is 114 cm³/mol. The first-order chi connectivity index (χ1) is 13.1. The first kappa shape index (κ1) is 19.7. The normalized spacial score (nSPS) is 18.2. The molecule has 1 fully saturated rings. The molecule has 3 rings (SSSR count). The Morgan fingerprint density at radius 2 is 2.22 bits per heavy atom. The highest BCUT2D eigenvalue weighted by Gasteiger charge is 2.24. The van der Waals surface area contributed by atoms with Crippen molar-refractivity contribution in [2.75, 3.05) is 25.4 Å². The summed E-state index contributed by atoms with van der Waals surface area (Å²) in [5, 5.41) is 4.13. The van der Waals surface area contributed by atoms with Gasteiger partial charge in [0.15, 0.2) is 5.96 Å². The zero-order chi connectivity index (χ0) is 19.2. The maximum atomic E-state index is 4.95. The van der Waals surface area contributed by atoms with Crippen LogP contribution in [-0.2, 0) is 6.54 Å². The summed E-state index contributed by atoms with van der Waals surface area (Å²) in [6.45, 7) is 12.3. The summed E-state index contributed by atoms with van der Waals surface area (Å²) < 4.78 is 2.02. The van der Waals surface area contributed by atoms with Gasteiger partial charge >= 0.3 is 0 Å². The van der Waals surface area contributed by atoms with Gasteiger partial charge in [0, 0.05) is 54.8 Å². The minimum absolute atomic E-state index is 0.596. The van der Waals surface area contributed by atoms with Crippen LogP contribution in [0.25, 0.3) is 5.82 Å². The molecule has 1 saturated heterocycles. The average molecular weight is 387 g/mol. The van der Waals surface area contributed by atoms with Gasteiger partial charge < -0.3 is 10.2 Å². The summed E-state index contributed by atoms with van der Waals surface area (Å²) in [5.41, 5.74) is 1.10. The second kappa shape index (κ2) is 9.26. The maximum Gasteiger partial charge on any atom is 0.194 e. The summed E-state index contributed by atoms with van der Waals surface area (Å²) >= 11 is 2.08. The smallest absolute Gasteiger partial charge is 0.194 e. The van der Waals surface area contributed by atoms with Crippen LogP contribution in [0.15, 0.2) is 35.7 Å². The first-order valence-corrected chi connectivity index (χ1v) is 10.7. The van der Waals surface area contributed by atoms with Crippen LogP contribution in [0.3, 0.4) is 0 Å². The molecule has 1 unspecified atom stereocenters. The summed E-state index contributed by atoms with van der Waals surface area (Å²) in [7, 11) is 0. The maximum absolute atomic E-state index is 4.95. The third-order valence-electron chi connectivity index (χ3n) is 4.79. The number of aryl methyl sites for hydroxylation is 1. The van der Waals surface area contributed by atoms with Gasteiger partial charge in [0.05, 0.1) is 6.54 Å². The fourth-order valence-corrected chi connectivity index (χ4v) is 4.53. The van der Waals surface area contributed by atoms with Gasteiger partial charge in [-0.1, -0.05) is 19.9 Å². The van der Waals surface area contributed by atoms with Gasteiger partial charge in [0.2, 0.25) is 0 Å². The first-order valence-electron chi connectivity index (χ1n) is 9.69. The van der Waals surface area contributed by atoms with Crippen LogP contribution in [-0.4, -0.2) is 56.0 Å². The Morgan fingerprint density at radius 3 is 2.93 bits per heavy atom. The van der Waals surface area contributed by atoms with Crippen molar-refractivity contribution in [1.82, 2.24) is 24.8 Å². The minimum Gasteiger partial charge on any atom is -0.357 e. The number of rotatable bonds is 5. The molecule has 1 N–H and O–H groups in total. The van der Waals surface area contributed by atoms with E-state index in [2.05, 4.69) is 58.8 Å². The van der Waals surface area contributed by atoms with E-state index >= 15 is 0 Å². The monoisotopic (exact) mass is 386 g/mol. The molecule has 0 saturated carbocycles. The molecule has 0 spiro atoms. The van der Waals surface area contributed by atoms with Gasteiger partial charge in [0.25, 0.3) is 0 Å². The summed E-state index contributed by atoms with van der Waals surface area (Å²) in [6.07, 6.45) is 5.58. The second-order valence-corrected chi connectivity index (χ2v) is 8.45.